The molecular weight excluding hydrogens is 332 g/mol. The van der Waals surface area contributed by atoms with Crippen molar-refractivity contribution < 1.29 is 13.2 Å². The standard InChI is InChI=1S/C12H10AsF3N4/c1-7(8-5-3-2-4-6-8)17-11-19-9(12(14,15)16)18-10(13)20-11/h2-7H,1H3,(H,17,18,19,20). The van der Waals surface area contributed by atoms with Crippen molar-refractivity contribution in [2.75, 3.05) is 5.32 Å². The van der Waals surface area contributed by atoms with E-state index in [-0.39, 0.29) is 16.6 Å². The summed E-state index contributed by atoms with van der Waals surface area (Å²) in [5.41, 5.74) is 0.925. The molecule has 104 valence electrons. The monoisotopic (exact) mass is 342 g/mol. The third-order valence-corrected chi connectivity index (χ3v) is 2.94. The molecule has 8 heteroatoms. The zero-order valence-electron chi connectivity index (χ0n) is 10.4. The fourth-order valence-corrected chi connectivity index (χ4v) is 1.97. The van der Waals surface area contributed by atoms with Gasteiger partial charge in [0.2, 0.25) is 0 Å². The van der Waals surface area contributed by atoms with E-state index in [2.05, 4.69) is 20.3 Å². The average molecular weight is 342 g/mol. The van der Waals surface area contributed by atoms with Gasteiger partial charge in [-0.15, -0.1) is 0 Å². The Kier molecular flexibility index (Phi) is 4.28. The first-order valence-corrected chi connectivity index (χ1v) is 6.64. The van der Waals surface area contributed by atoms with E-state index >= 15 is 0 Å². The van der Waals surface area contributed by atoms with E-state index in [0.717, 1.165) is 5.56 Å². The van der Waals surface area contributed by atoms with Crippen LogP contribution in [0.3, 0.4) is 0 Å². The number of halogens is 3. The molecule has 1 unspecified atom stereocenters. The molecule has 0 aliphatic carbocycles. The van der Waals surface area contributed by atoms with Gasteiger partial charge in [-0.1, -0.05) is 0 Å². The number of benzene rings is 1. The van der Waals surface area contributed by atoms with Crippen molar-refractivity contribution in [2.24, 2.45) is 0 Å². The fourth-order valence-electron chi connectivity index (χ4n) is 1.57. The Morgan fingerprint density at radius 1 is 1.10 bits per heavy atom. The average Bonchev–Trinajstić information content (AvgIpc) is 2.38. The van der Waals surface area contributed by atoms with Crippen LogP contribution in [0.15, 0.2) is 30.3 Å². The van der Waals surface area contributed by atoms with Gasteiger partial charge in [0, 0.05) is 0 Å². The Hall–Kier alpha value is -1.62. The van der Waals surface area contributed by atoms with Gasteiger partial charge in [0.1, 0.15) is 0 Å². The molecule has 2 radical (unpaired) electrons. The summed E-state index contributed by atoms with van der Waals surface area (Å²) in [4.78, 5) is 10.5. The molecule has 1 atom stereocenters. The van der Waals surface area contributed by atoms with E-state index in [0.29, 0.717) is 0 Å². The van der Waals surface area contributed by atoms with Crippen LogP contribution in [-0.2, 0) is 6.18 Å². The molecular formula is C12H10AsF3N4. The molecule has 4 nitrogen and oxygen atoms in total. The second-order valence-electron chi connectivity index (χ2n) is 4.06. The predicted octanol–water partition coefficient (Wildman–Crippen LogP) is 1.86. The minimum atomic E-state index is -4.59. The summed E-state index contributed by atoms with van der Waals surface area (Å²) >= 11 is 1.88. The van der Waals surface area contributed by atoms with Crippen LogP contribution in [0.1, 0.15) is 24.4 Å². The molecule has 0 bridgehead atoms. The minimum absolute atomic E-state index is 0.0393. The van der Waals surface area contributed by atoms with Gasteiger partial charge >= 0.3 is 122 Å². The molecule has 0 saturated carbocycles. The summed E-state index contributed by atoms with van der Waals surface area (Å²) in [6, 6.07) is 9.09. The molecule has 20 heavy (non-hydrogen) atoms. The van der Waals surface area contributed by atoms with Crippen LogP contribution in [0, 0.1) is 0 Å². The number of hydrogen-bond acceptors (Lipinski definition) is 4. The van der Waals surface area contributed by atoms with Gasteiger partial charge in [-0.3, -0.25) is 0 Å². The van der Waals surface area contributed by atoms with Crippen LogP contribution < -0.4 is 9.93 Å². The Morgan fingerprint density at radius 3 is 2.35 bits per heavy atom. The number of hydrogen-bond donors (Lipinski definition) is 1. The molecule has 0 saturated heterocycles. The molecule has 2 rings (SSSR count). The summed E-state index contributed by atoms with van der Waals surface area (Å²) in [5.74, 6) is -1.30. The molecule has 0 aliphatic heterocycles. The second kappa shape index (κ2) is 5.79. The van der Waals surface area contributed by atoms with Gasteiger partial charge in [0.15, 0.2) is 0 Å². The summed E-state index contributed by atoms with van der Waals surface area (Å²) < 4.78 is 37.8. The Bertz CT molecular complexity index is 589. The Labute approximate surface area is 122 Å². The van der Waals surface area contributed by atoms with Gasteiger partial charge < -0.3 is 0 Å². The molecule has 1 heterocycles. The maximum absolute atomic E-state index is 12.6. The van der Waals surface area contributed by atoms with Crippen LogP contribution in [-0.4, -0.2) is 31.8 Å². The van der Waals surface area contributed by atoms with E-state index in [1.165, 1.54) is 0 Å². The SMILES string of the molecule is CC(Nc1nc([As])nc(C(F)(F)F)n1)c1ccccc1. The van der Waals surface area contributed by atoms with Crippen LogP contribution in [0.25, 0.3) is 0 Å². The molecule has 0 amide bonds. The van der Waals surface area contributed by atoms with Crippen molar-refractivity contribution in [3.8, 4) is 0 Å². The number of alkyl halides is 3. The number of aromatic nitrogens is 3. The normalized spacial score (nSPS) is 13.1. The van der Waals surface area contributed by atoms with Crippen molar-refractivity contribution >= 4 is 27.4 Å². The number of rotatable bonds is 3. The van der Waals surface area contributed by atoms with E-state index in [1.54, 1.807) is 0 Å². The van der Waals surface area contributed by atoms with Crippen LogP contribution in [0.2, 0.25) is 0 Å². The quantitative estimate of drug-likeness (QED) is 0.866. The number of nitrogens with zero attached hydrogens (tertiary/aromatic N) is 3. The van der Waals surface area contributed by atoms with Crippen molar-refractivity contribution in [2.45, 2.75) is 19.1 Å². The van der Waals surface area contributed by atoms with Gasteiger partial charge in [-0.05, 0) is 0 Å². The molecule has 0 fully saturated rings. The fraction of sp³-hybridized carbons (Fsp3) is 0.250. The zero-order valence-corrected chi connectivity index (χ0v) is 12.3. The van der Waals surface area contributed by atoms with Crippen molar-refractivity contribution in [1.82, 2.24) is 15.0 Å². The number of anilines is 1. The molecule has 0 spiro atoms. The third kappa shape index (κ3) is 3.69. The van der Waals surface area contributed by atoms with Gasteiger partial charge in [-0.25, -0.2) is 0 Å². The first-order chi connectivity index (χ1) is 9.36. The summed E-state index contributed by atoms with van der Waals surface area (Å²) in [6.07, 6.45) is -4.59. The van der Waals surface area contributed by atoms with Gasteiger partial charge in [0.25, 0.3) is 0 Å². The maximum atomic E-state index is 12.6. The van der Waals surface area contributed by atoms with Crippen LogP contribution in [0.4, 0.5) is 19.1 Å². The number of nitrogens with one attached hydrogen (secondary N) is 1. The molecule has 1 aromatic carbocycles. The predicted molar refractivity (Wildman–Crippen MR) is 68.7 cm³/mol. The summed E-state index contributed by atoms with van der Waals surface area (Å²) in [5, 5.41) is 2.84. The Morgan fingerprint density at radius 2 is 1.75 bits per heavy atom. The zero-order chi connectivity index (χ0) is 14.8. The van der Waals surface area contributed by atoms with Crippen LogP contribution in [0.5, 0.6) is 0 Å². The van der Waals surface area contributed by atoms with E-state index in [9.17, 15) is 13.2 Å². The molecule has 1 aromatic heterocycles. The van der Waals surface area contributed by atoms with Crippen LogP contribution >= 0.6 is 0 Å². The first-order valence-electron chi connectivity index (χ1n) is 5.70. The van der Waals surface area contributed by atoms with Crippen molar-refractivity contribution in [3.05, 3.63) is 41.7 Å². The van der Waals surface area contributed by atoms with Crippen molar-refractivity contribution in [1.29, 1.82) is 0 Å². The first kappa shape index (κ1) is 14.8. The molecule has 1 N–H and O–H groups in total. The topological polar surface area (TPSA) is 50.7 Å². The van der Waals surface area contributed by atoms with E-state index < -0.39 is 12.0 Å². The summed E-state index contributed by atoms with van der Waals surface area (Å²) in [6.45, 7) is 1.82. The van der Waals surface area contributed by atoms with Crippen molar-refractivity contribution in [3.63, 3.8) is 0 Å². The van der Waals surface area contributed by atoms with E-state index in [4.69, 9.17) is 0 Å². The van der Waals surface area contributed by atoms with Gasteiger partial charge in [0.05, 0.1) is 0 Å². The molecule has 0 aliphatic rings. The van der Waals surface area contributed by atoms with E-state index in [1.807, 2.05) is 54.1 Å². The second-order valence-corrected chi connectivity index (χ2v) is 4.90. The molecule has 2 aromatic rings. The van der Waals surface area contributed by atoms with Gasteiger partial charge in [-0.2, -0.15) is 0 Å². The summed E-state index contributed by atoms with van der Waals surface area (Å²) in [7, 11) is 0. The third-order valence-electron chi connectivity index (χ3n) is 2.52. The Balaban J connectivity index is 2.24.